The van der Waals surface area contributed by atoms with E-state index in [2.05, 4.69) is 66.0 Å². The van der Waals surface area contributed by atoms with Gasteiger partial charge in [-0.2, -0.15) is 0 Å². The van der Waals surface area contributed by atoms with E-state index in [-0.39, 0.29) is 11.1 Å². The third-order valence-corrected chi connectivity index (χ3v) is 5.51. The molecule has 1 aromatic carbocycles. The summed E-state index contributed by atoms with van der Waals surface area (Å²) in [7, 11) is 1.72. The number of methoxy groups -OCH3 is 1. The Labute approximate surface area is 137 Å². The molecule has 0 radical (unpaired) electrons. The second kappa shape index (κ2) is 6.27. The van der Waals surface area contributed by atoms with E-state index >= 15 is 0 Å². The van der Waals surface area contributed by atoms with Gasteiger partial charge in [-0.3, -0.25) is 4.90 Å². The van der Waals surface area contributed by atoms with Crippen LogP contribution in [-0.2, 0) is 6.54 Å². The highest BCUT2D eigenvalue weighted by Crippen LogP contribution is 2.30. The Morgan fingerprint density at radius 3 is 2.67 bits per heavy atom. The molecular formula is C17H27BrN2O. The van der Waals surface area contributed by atoms with Crippen LogP contribution in [0.25, 0.3) is 0 Å². The van der Waals surface area contributed by atoms with E-state index in [9.17, 15) is 0 Å². The summed E-state index contributed by atoms with van der Waals surface area (Å²) in [5, 5.41) is 3.71. The van der Waals surface area contributed by atoms with Crippen molar-refractivity contribution in [3.63, 3.8) is 0 Å². The molecule has 0 spiro atoms. The normalized spacial score (nSPS) is 25.8. The second-order valence-corrected chi connectivity index (χ2v) is 7.75. The first kappa shape index (κ1) is 16.8. The number of benzene rings is 1. The molecule has 1 saturated heterocycles. The largest absolute Gasteiger partial charge is 0.497 e. The average molecular weight is 355 g/mol. The highest BCUT2D eigenvalue weighted by Gasteiger charge is 2.39. The highest BCUT2D eigenvalue weighted by atomic mass is 79.9. The number of hydrogen-bond acceptors (Lipinski definition) is 3. The fourth-order valence-corrected chi connectivity index (χ4v) is 3.12. The fourth-order valence-electron chi connectivity index (χ4n) is 2.74. The van der Waals surface area contributed by atoms with Gasteiger partial charge in [-0.1, -0.05) is 22.9 Å². The Bertz CT molecular complexity index is 504. The predicted octanol–water partition coefficient (Wildman–Crippen LogP) is 3.81. The fraction of sp³-hybridized carbons (Fsp3) is 0.647. The van der Waals surface area contributed by atoms with E-state index in [1.54, 1.807) is 7.11 Å². The number of nitrogens with one attached hydrogen (secondary N) is 1. The van der Waals surface area contributed by atoms with Crippen molar-refractivity contribution in [2.45, 2.75) is 51.7 Å². The third-order valence-electron chi connectivity index (χ3n) is 4.74. The molecule has 1 heterocycles. The minimum atomic E-state index is 0.150. The van der Waals surface area contributed by atoms with Crippen LogP contribution in [0.1, 0.15) is 39.7 Å². The first-order valence-corrected chi connectivity index (χ1v) is 8.41. The summed E-state index contributed by atoms with van der Waals surface area (Å²) in [5.74, 6) is 0.916. The standard InChI is InChI=1S/C17H27BrN2O/c1-6-17(4)12-20(16(2,3)11-19-17)10-13-9-14(21-5)7-8-15(13)18/h7-9,19H,6,10-12H2,1-5H3. The van der Waals surface area contributed by atoms with Crippen molar-refractivity contribution < 1.29 is 4.74 Å². The minimum absolute atomic E-state index is 0.150. The first-order chi connectivity index (χ1) is 9.79. The molecule has 1 atom stereocenters. The minimum Gasteiger partial charge on any atom is -0.497 e. The number of nitrogens with zero attached hydrogens (tertiary/aromatic N) is 1. The summed E-state index contributed by atoms with van der Waals surface area (Å²) in [6.45, 7) is 12.2. The number of rotatable bonds is 4. The molecule has 1 N–H and O–H groups in total. The van der Waals surface area contributed by atoms with Crippen molar-refractivity contribution >= 4 is 15.9 Å². The molecule has 1 aliphatic heterocycles. The molecule has 1 aromatic rings. The summed E-state index contributed by atoms with van der Waals surface area (Å²) in [5.41, 5.74) is 1.63. The van der Waals surface area contributed by atoms with E-state index in [1.807, 2.05) is 6.07 Å². The molecule has 0 saturated carbocycles. The van der Waals surface area contributed by atoms with E-state index < -0.39 is 0 Å². The zero-order valence-electron chi connectivity index (χ0n) is 13.8. The lowest BCUT2D eigenvalue weighted by molar-refractivity contribution is 0.0244. The maximum Gasteiger partial charge on any atom is 0.119 e. The van der Waals surface area contributed by atoms with Crippen LogP contribution >= 0.6 is 15.9 Å². The van der Waals surface area contributed by atoms with Gasteiger partial charge in [-0.05, 0) is 51.0 Å². The summed E-state index contributed by atoms with van der Waals surface area (Å²) in [6.07, 6.45) is 1.14. The van der Waals surface area contributed by atoms with Crippen LogP contribution in [0.15, 0.2) is 22.7 Å². The molecule has 118 valence electrons. The lowest BCUT2D eigenvalue weighted by atomic mass is 9.88. The SMILES string of the molecule is CCC1(C)CN(Cc2cc(OC)ccc2Br)C(C)(C)CN1. The average Bonchev–Trinajstić information content (AvgIpc) is 2.46. The summed E-state index contributed by atoms with van der Waals surface area (Å²) >= 11 is 3.67. The third kappa shape index (κ3) is 3.79. The molecule has 0 bridgehead atoms. The van der Waals surface area contributed by atoms with Crippen molar-refractivity contribution in [3.8, 4) is 5.75 Å². The first-order valence-electron chi connectivity index (χ1n) is 7.62. The summed E-state index contributed by atoms with van der Waals surface area (Å²) in [6, 6.07) is 6.19. The number of piperazine rings is 1. The van der Waals surface area contributed by atoms with Gasteiger partial charge in [0.2, 0.25) is 0 Å². The van der Waals surface area contributed by atoms with Crippen LogP contribution in [0.5, 0.6) is 5.75 Å². The maximum atomic E-state index is 5.36. The predicted molar refractivity (Wildman–Crippen MR) is 91.9 cm³/mol. The molecule has 0 aromatic heterocycles. The molecule has 1 unspecified atom stereocenters. The monoisotopic (exact) mass is 354 g/mol. The highest BCUT2D eigenvalue weighted by molar-refractivity contribution is 9.10. The van der Waals surface area contributed by atoms with E-state index in [0.29, 0.717) is 0 Å². The van der Waals surface area contributed by atoms with E-state index in [4.69, 9.17) is 4.74 Å². The van der Waals surface area contributed by atoms with Gasteiger partial charge in [0, 0.05) is 35.2 Å². The summed E-state index contributed by atoms with van der Waals surface area (Å²) in [4.78, 5) is 2.58. The number of halogens is 1. The maximum absolute atomic E-state index is 5.36. The van der Waals surface area contributed by atoms with Gasteiger partial charge >= 0.3 is 0 Å². The molecule has 3 nitrogen and oxygen atoms in total. The van der Waals surface area contributed by atoms with Crippen LogP contribution in [0.3, 0.4) is 0 Å². The molecule has 2 rings (SSSR count). The van der Waals surface area contributed by atoms with Gasteiger partial charge in [-0.25, -0.2) is 0 Å². The van der Waals surface area contributed by atoms with Gasteiger partial charge in [0.1, 0.15) is 5.75 Å². The van der Waals surface area contributed by atoms with Crippen LogP contribution in [0.2, 0.25) is 0 Å². The van der Waals surface area contributed by atoms with E-state index in [1.165, 1.54) is 5.56 Å². The van der Waals surface area contributed by atoms with Gasteiger partial charge in [0.05, 0.1) is 7.11 Å². The van der Waals surface area contributed by atoms with Gasteiger partial charge in [0.15, 0.2) is 0 Å². The van der Waals surface area contributed by atoms with Crippen LogP contribution in [0.4, 0.5) is 0 Å². The van der Waals surface area contributed by atoms with Crippen molar-refractivity contribution in [1.82, 2.24) is 10.2 Å². The zero-order valence-corrected chi connectivity index (χ0v) is 15.4. The van der Waals surface area contributed by atoms with Crippen molar-refractivity contribution in [2.24, 2.45) is 0 Å². The van der Waals surface area contributed by atoms with Crippen LogP contribution < -0.4 is 10.1 Å². The lowest BCUT2D eigenvalue weighted by Crippen LogP contribution is -2.66. The molecule has 1 aliphatic rings. The van der Waals surface area contributed by atoms with Gasteiger partial charge < -0.3 is 10.1 Å². The van der Waals surface area contributed by atoms with Crippen molar-refractivity contribution in [1.29, 1.82) is 0 Å². The molecule has 1 fully saturated rings. The Kier molecular flexibility index (Phi) is 5.01. The Morgan fingerprint density at radius 2 is 2.05 bits per heavy atom. The van der Waals surface area contributed by atoms with Crippen LogP contribution in [-0.4, -0.2) is 36.2 Å². The van der Waals surface area contributed by atoms with Gasteiger partial charge in [-0.15, -0.1) is 0 Å². The zero-order chi connectivity index (χ0) is 15.7. The topological polar surface area (TPSA) is 24.5 Å². The Balaban J connectivity index is 2.23. The molecule has 0 amide bonds. The Morgan fingerprint density at radius 1 is 1.33 bits per heavy atom. The smallest absolute Gasteiger partial charge is 0.119 e. The molecule has 4 heteroatoms. The number of ether oxygens (including phenoxy) is 1. The molecular weight excluding hydrogens is 328 g/mol. The lowest BCUT2D eigenvalue weighted by Gasteiger charge is -2.51. The van der Waals surface area contributed by atoms with Gasteiger partial charge in [0.25, 0.3) is 0 Å². The van der Waals surface area contributed by atoms with Crippen molar-refractivity contribution in [2.75, 3.05) is 20.2 Å². The molecule has 0 aliphatic carbocycles. The molecule has 21 heavy (non-hydrogen) atoms. The number of hydrogen-bond donors (Lipinski definition) is 1. The van der Waals surface area contributed by atoms with E-state index in [0.717, 1.165) is 36.3 Å². The Hall–Kier alpha value is -0.580. The van der Waals surface area contributed by atoms with Crippen molar-refractivity contribution in [3.05, 3.63) is 28.2 Å². The van der Waals surface area contributed by atoms with Crippen LogP contribution in [0, 0.1) is 0 Å². The summed E-state index contributed by atoms with van der Waals surface area (Å²) < 4.78 is 6.51. The second-order valence-electron chi connectivity index (χ2n) is 6.89. The quantitative estimate of drug-likeness (QED) is 0.889.